The van der Waals surface area contributed by atoms with Crippen LogP contribution in [0.25, 0.3) is 0 Å². The largest absolute Gasteiger partial charge is 0.355 e. The lowest BCUT2D eigenvalue weighted by atomic mass is 10.2. The van der Waals surface area contributed by atoms with E-state index in [0.29, 0.717) is 12.3 Å². The molecule has 4 nitrogen and oxygen atoms in total. The van der Waals surface area contributed by atoms with E-state index in [4.69, 9.17) is 0 Å². The first kappa shape index (κ1) is 16.6. The third-order valence-corrected chi connectivity index (χ3v) is 3.99. The van der Waals surface area contributed by atoms with Crippen molar-refractivity contribution in [1.29, 1.82) is 0 Å². The Kier molecular flexibility index (Phi) is 6.58. The molecule has 0 saturated heterocycles. The van der Waals surface area contributed by atoms with E-state index >= 15 is 0 Å². The van der Waals surface area contributed by atoms with Gasteiger partial charge < -0.3 is 10.6 Å². The summed E-state index contributed by atoms with van der Waals surface area (Å²) in [4.78, 5) is 24.4. The van der Waals surface area contributed by atoms with E-state index in [1.807, 2.05) is 32.9 Å². The normalized spacial score (nSPS) is 11.8. The fraction of sp³-hybridized carbons (Fsp3) is 0.467. The minimum atomic E-state index is -0.498. The summed E-state index contributed by atoms with van der Waals surface area (Å²) < 4.78 is 0. The molecule has 0 saturated carbocycles. The Labute approximate surface area is 124 Å². The van der Waals surface area contributed by atoms with Gasteiger partial charge in [0, 0.05) is 11.4 Å². The average molecular weight is 294 g/mol. The molecule has 0 fully saturated rings. The molecule has 0 aliphatic rings. The van der Waals surface area contributed by atoms with Crippen LogP contribution in [0.15, 0.2) is 23.1 Å². The number of aryl methyl sites for hydroxylation is 2. The molecule has 1 aromatic carbocycles. The molecule has 0 aromatic heterocycles. The van der Waals surface area contributed by atoms with E-state index in [-0.39, 0.29) is 11.8 Å². The summed E-state index contributed by atoms with van der Waals surface area (Å²) in [5.41, 5.74) is 2.38. The molecule has 110 valence electrons. The SMILES string of the molecule is CCNC(=O)[C@@H](C)NC(=O)CSc1ccc(C)cc1C. The number of hydrogen-bond donors (Lipinski definition) is 2. The maximum absolute atomic E-state index is 11.8. The molecule has 5 heteroatoms. The first-order valence-electron chi connectivity index (χ1n) is 6.71. The van der Waals surface area contributed by atoms with Crippen molar-refractivity contribution in [2.24, 2.45) is 0 Å². The van der Waals surface area contributed by atoms with E-state index in [1.165, 1.54) is 22.9 Å². The summed E-state index contributed by atoms with van der Waals surface area (Å²) in [6.45, 7) is 8.18. The summed E-state index contributed by atoms with van der Waals surface area (Å²) >= 11 is 1.49. The van der Waals surface area contributed by atoms with Crippen LogP contribution in [0.3, 0.4) is 0 Å². The molecule has 1 atom stereocenters. The van der Waals surface area contributed by atoms with Crippen LogP contribution in [-0.4, -0.2) is 30.2 Å². The van der Waals surface area contributed by atoms with Crippen molar-refractivity contribution in [2.75, 3.05) is 12.3 Å². The first-order chi connectivity index (χ1) is 9.43. The molecule has 0 radical (unpaired) electrons. The van der Waals surface area contributed by atoms with Crippen molar-refractivity contribution in [3.05, 3.63) is 29.3 Å². The van der Waals surface area contributed by atoms with Gasteiger partial charge in [-0.3, -0.25) is 9.59 Å². The Morgan fingerprint density at radius 1 is 1.30 bits per heavy atom. The summed E-state index contributed by atoms with van der Waals surface area (Å²) in [6, 6.07) is 5.65. The number of hydrogen-bond acceptors (Lipinski definition) is 3. The molecule has 0 aliphatic heterocycles. The molecular weight excluding hydrogens is 272 g/mol. The second kappa shape index (κ2) is 7.94. The van der Waals surface area contributed by atoms with Crippen LogP contribution in [0, 0.1) is 13.8 Å². The monoisotopic (exact) mass is 294 g/mol. The molecule has 0 unspecified atom stereocenters. The number of likely N-dealkylation sites (N-methyl/N-ethyl adjacent to an activating group) is 1. The van der Waals surface area contributed by atoms with Crippen molar-refractivity contribution in [2.45, 2.75) is 38.6 Å². The Bertz CT molecular complexity index is 489. The van der Waals surface area contributed by atoms with Crippen LogP contribution in [0.2, 0.25) is 0 Å². The minimum Gasteiger partial charge on any atom is -0.355 e. The molecular formula is C15H22N2O2S. The predicted molar refractivity (Wildman–Crippen MR) is 82.9 cm³/mol. The number of amides is 2. The van der Waals surface area contributed by atoms with Gasteiger partial charge in [-0.25, -0.2) is 0 Å². The highest BCUT2D eigenvalue weighted by molar-refractivity contribution is 8.00. The Morgan fingerprint density at radius 3 is 2.60 bits per heavy atom. The Hall–Kier alpha value is -1.49. The number of rotatable bonds is 6. The first-order valence-corrected chi connectivity index (χ1v) is 7.69. The minimum absolute atomic E-state index is 0.131. The fourth-order valence-corrected chi connectivity index (χ4v) is 2.60. The second-order valence-electron chi connectivity index (χ2n) is 4.74. The van der Waals surface area contributed by atoms with Crippen LogP contribution in [-0.2, 0) is 9.59 Å². The van der Waals surface area contributed by atoms with Gasteiger partial charge in [0.15, 0.2) is 0 Å². The van der Waals surface area contributed by atoms with E-state index in [9.17, 15) is 9.59 Å². The molecule has 2 amide bonds. The number of benzene rings is 1. The zero-order chi connectivity index (χ0) is 15.1. The van der Waals surface area contributed by atoms with Crippen molar-refractivity contribution in [3.63, 3.8) is 0 Å². The van der Waals surface area contributed by atoms with Gasteiger partial charge >= 0.3 is 0 Å². The number of carbonyl (C=O) groups excluding carboxylic acids is 2. The second-order valence-corrected chi connectivity index (χ2v) is 5.76. The molecule has 1 aromatic rings. The third kappa shape index (κ3) is 5.25. The fourth-order valence-electron chi connectivity index (χ4n) is 1.78. The third-order valence-electron chi connectivity index (χ3n) is 2.81. The molecule has 20 heavy (non-hydrogen) atoms. The van der Waals surface area contributed by atoms with E-state index in [1.54, 1.807) is 6.92 Å². The van der Waals surface area contributed by atoms with Gasteiger partial charge in [0.25, 0.3) is 0 Å². The van der Waals surface area contributed by atoms with Gasteiger partial charge in [-0.05, 0) is 39.3 Å². The quantitative estimate of drug-likeness (QED) is 0.789. The Balaban J connectivity index is 2.45. The van der Waals surface area contributed by atoms with Crippen LogP contribution in [0.5, 0.6) is 0 Å². The Morgan fingerprint density at radius 2 is 2.00 bits per heavy atom. The van der Waals surface area contributed by atoms with Crippen molar-refractivity contribution >= 4 is 23.6 Å². The van der Waals surface area contributed by atoms with Crippen LogP contribution >= 0.6 is 11.8 Å². The van der Waals surface area contributed by atoms with Gasteiger partial charge in [-0.15, -0.1) is 11.8 Å². The molecule has 2 N–H and O–H groups in total. The van der Waals surface area contributed by atoms with Crippen molar-refractivity contribution in [3.8, 4) is 0 Å². The van der Waals surface area contributed by atoms with E-state index < -0.39 is 6.04 Å². The smallest absolute Gasteiger partial charge is 0.242 e. The zero-order valence-electron chi connectivity index (χ0n) is 12.4. The van der Waals surface area contributed by atoms with Crippen molar-refractivity contribution in [1.82, 2.24) is 10.6 Å². The lowest BCUT2D eigenvalue weighted by Gasteiger charge is -2.13. The number of carbonyl (C=O) groups is 2. The van der Waals surface area contributed by atoms with Gasteiger partial charge in [-0.1, -0.05) is 17.7 Å². The van der Waals surface area contributed by atoms with Crippen LogP contribution in [0.1, 0.15) is 25.0 Å². The van der Waals surface area contributed by atoms with Crippen molar-refractivity contribution < 1.29 is 9.59 Å². The summed E-state index contributed by atoms with van der Waals surface area (Å²) in [6.07, 6.45) is 0. The molecule has 0 bridgehead atoms. The zero-order valence-corrected chi connectivity index (χ0v) is 13.3. The van der Waals surface area contributed by atoms with Gasteiger partial charge in [0.2, 0.25) is 11.8 Å². The maximum atomic E-state index is 11.8. The molecule has 0 heterocycles. The van der Waals surface area contributed by atoms with Crippen LogP contribution in [0.4, 0.5) is 0 Å². The predicted octanol–water partition coefficient (Wildman–Crippen LogP) is 2.04. The summed E-state index contributed by atoms with van der Waals surface area (Å²) in [7, 11) is 0. The molecule has 1 rings (SSSR count). The average Bonchev–Trinajstić information content (AvgIpc) is 2.37. The standard InChI is InChI=1S/C15H22N2O2S/c1-5-16-15(19)12(4)17-14(18)9-20-13-7-6-10(2)8-11(13)3/h6-8,12H,5,9H2,1-4H3,(H,16,19)(H,17,18)/t12-/m1/s1. The lowest BCUT2D eigenvalue weighted by molar-refractivity contribution is -0.127. The summed E-state index contributed by atoms with van der Waals surface area (Å²) in [5, 5.41) is 5.37. The number of nitrogens with one attached hydrogen (secondary N) is 2. The maximum Gasteiger partial charge on any atom is 0.242 e. The van der Waals surface area contributed by atoms with Gasteiger partial charge in [-0.2, -0.15) is 0 Å². The van der Waals surface area contributed by atoms with E-state index in [2.05, 4.69) is 16.7 Å². The summed E-state index contributed by atoms with van der Waals surface area (Å²) in [5.74, 6) is 0.0271. The topological polar surface area (TPSA) is 58.2 Å². The molecule has 0 spiro atoms. The number of thioether (sulfide) groups is 1. The van der Waals surface area contributed by atoms with Crippen LogP contribution < -0.4 is 10.6 Å². The highest BCUT2D eigenvalue weighted by Crippen LogP contribution is 2.22. The highest BCUT2D eigenvalue weighted by Gasteiger charge is 2.14. The van der Waals surface area contributed by atoms with Gasteiger partial charge in [0.1, 0.15) is 6.04 Å². The van der Waals surface area contributed by atoms with E-state index in [0.717, 1.165) is 4.90 Å². The molecule has 0 aliphatic carbocycles. The van der Waals surface area contributed by atoms with Gasteiger partial charge in [0.05, 0.1) is 5.75 Å². The highest BCUT2D eigenvalue weighted by atomic mass is 32.2. The lowest BCUT2D eigenvalue weighted by Crippen LogP contribution is -2.45.